The lowest BCUT2D eigenvalue weighted by molar-refractivity contribution is 0.244. The predicted octanol–water partition coefficient (Wildman–Crippen LogP) is 5.44. The van der Waals surface area contributed by atoms with E-state index in [1.54, 1.807) is 0 Å². The monoisotopic (exact) mass is 444 g/mol. The van der Waals surface area contributed by atoms with Crippen molar-refractivity contribution in [3.05, 3.63) is 81.7 Å². The molecule has 5 nitrogen and oxygen atoms in total. The van der Waals surface area contributed by atoms with Crippen LogP contribution in [0.4, 0.5) is 5.69 Å². The summed E-state index contributed by atoms with van der Waals surface area (Å²) in [5, 5.41) is 2.71. The van der Waals surface area contributed by atoms with Gasteiger partial charge in [0, 0.05) is 36.3 Å². The van der Waals surface area contributed by atoms with Crippen LogP contribution in [-0.2, 0) is 6.54 Å². The molecule has 5 rings (SSSR count). The maximum Gasteiger partial charge on any atom is 0.260 e. The highest BCUT2D eigenvalue weighted by Gasteiger charge is 2.21. The van der Waals surface area contributed by atoms with Crippen molar-refractivity contribution in [2.75, 3.05) is 25.0 Å². The summed E-state index contributed by atoms with van der Waals surface area (Å²) < 4.78 is 0. The molecule has 164 valence electrons. The lowest BCUT2D eigenvalue weighted by Gasteiger charge is -2.27. The van der Waals surface area contributed by atoms with E-state index in [0.29, 0.717) is 11.2 Å². The average Bonchev–Trinajstić information content (AvgIpc) is 3.50. The van der Waals surface area contributed by atoms with Gasteiger partial charge in [0.15, 0.2) is 0 Å². The number of aromatic amines is 1. The Bertz CT molecular complexity index is 1270. The zero-order chi connectivity index (χ0) is 22.1. The molecule has 0 saturated carbocycles. The molecule has 4 aromatic rings. The van der Waals surface area contributed by atoms with Crippen LogP contribution < -0.4 is 10.5 Å². The quantitative estimate of drug-likeness (QED) is 0.430. The van der Waals surface area contributed by atoms with Crippen LogP contribution in [0.15, 0.2) is 64.8 Å². The molecular formula is C26H28N4OS. The number of anilines is 1. The molecule has 0 spiro atoms. The zero-order valence-electron chi connectivity index (χ0n) is 18.5. The molecule has 1 aliphatic rings. The predicted molar refractivity (Wildman–Crippen MR) is 133 cm³/mol. The van der Waals surface area contributed by atoms with Gasteiger partial charge >= 0.3 is 0 Å². The van der Waals surface area contributed by atoms with Gasteiger partial charge in [0.1, 0.15) is 10.7 Å². The number of benzene rings is 2. The SMILES string of the molecule is C[C@@H](c1nc2scc(-c3ccccc3)c2c(=O)[nH]1)N(C)Cc1ccccc1N1CCCC1. The molecule has 1 aliphatic heterocycles. The van der Waals surface area contributed by atoms with Gasteiger partial charge in [-0.05, 0) is 44.0 Å². The topological polar surface area (TPSA) is 52.2 Å². The summed E-state index contributed by atoms with van der Waals surface area (Å²) in [7, 11) is 2.10. The van der Waals surface area contributed by atoms with E-state index >= 15 is 0 Å². The number of thiophene rings is 1. The van der Waals surface area contributed by atoms with Gasteiger partial charge in [-0.15, -0.1) is 11.3 Å². The van der Waals surface area contributed by atoms with Crippen molar-refractivity contribution in [3.8, 4) is 11.1 Å². The van der Waals surface area contributed by atoms with Gasteiger partial charge in [-0.1, -0.05) is 48.5 Å². The van der Waals surface area contributed by atoms with E-state index in [1.165, 1.54) is 35.4 Å². The summed E-state index contributed by atoms with van der Waals surface area (Å²) in [6.45, 7) is 5.16. The summed E-state index contributed by atoms with van der Waals surface area (Å²) >= 11 is 1.53. The number of H-pyrrole nitrogens is 1. The van der Waals surface area contributed by atoms with E-state index < -0.39 is 0 Å². The van der Waals surface area contributed by atoms with Crippen LogP contribution in [0.3, 0.4) is 0 Å². The number of para-hydroxylation sites is 1. The van der Waals surface area contributed by atoms with Crippen molar-refractivity contribution in [2.24, 2.45) is 0 Å². The van der Waals surface area contributed by atoms with Gasteiger partial charge in [0.2, 0.25) is 0 Å². The first-order valence-electron chi connectivity index (χ1n) is 11.2. The molecule has 0 aliphatic carbocycles. The fourth-order valence-corrected chi connectivity index (χ4v) is 5.47. The number of hydrogen-bond donors (Lipinski definition) is 1. The van der Waals surface area contributed by atoms with E-state index in [2.05, 4.69) is 53.0 Å². The minimum Gasteiger partial charge on any atom is -0.371 e. The third kappa shape index (κ3) is 3.96. The van der Waals surface area contributed by atoms with E-state index in [1.807, 2.05) is 35.7 Å². The molecule has 2 aromatic heterocycles. The minimum absolute atomic E-state index is 0.0130. The highest BCUT2D eigenvalue weighted by Crippen LogP contribution is 2.32. The van der Waals surface area contributed by atoms with Crippen LogP contribution in [0.25, 0.3) is 21.3 Å². The second-order valence-electron chi connectivity index (χ2n) is 8.56. The molecule has 1 atom stereocenters. The molecule has 0 unspecified atom stereocenters. The van der Waals surface area contributed by atoms with Crippen LogP contribution in [-0.4, -0.2) is 35.0 Å². The number of nitrogens with zero attached hydrogens (tertiary/aromatic N) is 3. The second-order valence-corrected chi connectivity index (χ2v) is 9.42. The van der Waals surface area contributed by atoms with Gasteiger partial charge in [-0.25, -0.2) is 4.98 Å². The maximum atomic E-state index is 13.1. The number of fused-ring (bicyclic) bond motifs is 1. The van der Waals surface area contributed by atoms with Crippen LogP contribution in [0.5, 0.6) is 0 Å². The molecule has 0 bridgehead atoms. The number of rotatable bonds is 6. The Labute approximate surface area is 192 Å². The first-order valence-corrected chi connectivity index (χ1v) is 12.1. The molecule has 0 radical (unpaired) electrons. The molecule has 6 heteroatoms. The van der Waals surface area contributed by atoms with Crippen molar-refractivity contribution in [1.29, 1.82) is 0 Å². The minimum atomic E-state index is -0.0668. The third-order valence-electron chi connectivity index (χ3n) is 6.46. The molecule has 3 heterocycles. The summed E-state index contributed by atoms with van der Waals surface area (Å²) in [5.41, 5.74) is 4.57. The van der Waals surface area contributed by atoms with Gasteiger partial charge in [0.25, 0.3) is 5.56 Å². The highest BCUT2D eigenvalue weighted by atomic mass is 32.1. The van der Waals surface area contributed by atoms with Gasteiger partial charge in [0.05, 0.1) is 11.4 Å². The summed E-state index contributed by atoms with van der Waals surface area (Å²) in [4.78, 5) is 26.5. The lowest BCUT2D eigenvalue weighted by atomic mass is 10.1. The Kier molecular flexibility index (Phi) is 5.81. The molecular weight excluding hydrogens is 416 g/mol. The molecule has 1 fully saturated rings. The summed E-state index contributed by atoms with van der Waals surface area (Å²) in [5.74, 6) is 0.713. The Morgan fingerprint density at radius 3 is 2.59 bits per heavy atom. The smallest absolute Gasteiger partial charge is 0.260 e. The molecule has 1 N–H and O–H groups in total. The lowest BCUT2D eigenvalue weighted by Crippen LogP contribution is -2.27. The van der Waals surface area contributed by atoms with E-state index in [0.717, 1.165) is 35.6 Å². The Balaban J connectivity index is 1.42. The Morgan fingerprint density at radius 2 is 1.81 bits per heavy atom. The second kappa shape index (κ2) is 8.88. The van der Waals surface area contributed by atoms with Crippen LogP contribution in [0, 0.1) is 0 Å². The standard InChI is InChI=1S/C26H28N4OS/c1-18(29(2)16-20-12-6-7-13-22(20)30-14-8-9-15-30)24-27-25(31)23-21(17-32-26(23)28-24)19-10-4-3-5-11-19/h3-7,10-13,17-18H,8-9,14-16H2,1-2H3,(H,27,28,31)/t18-/m0/s1. The van der Waals surface area contributed by atoms with Gasteiger partial charge in [-0.2, -0.15) is 0 Å². The van der Waals surface area contributed by atoms with Crippen LogP contribution in [0.2, 0.25) is 0 Å². The van der Waals surface area contributed by atoms with E-state index in [9.17, 15) is 4.79 Å². The normalized spacial score (nSPS) is 15.0. The van der Waals surface area contributed by atoms with E-state index in [4.69, 9.17) is 4.98 Å². The fraction of sp³-hybridized carbons (Fsp3) is 0.308. The average molecular weight is 445 g/mol. The Hall–Kier alpha value is -2.96. The highest BCUT2D eigenvalue weighted by molar-refractivity contribution is 7.17. The first kappa shape index (κ1) is 20.9. The molecule has 2 aromatic carbocycles. The van der Waals surface area contributed by atoms with Crippen molar-refractivity contribution in [3.63, 3.8) is 0 Å². The van der Waals surface area contributed by atoms with Crippen molar-refractivity contribution in [1.82, 2.24) is 14.9 Å². The largest absolute Gasteiger partial charge is 0.371 e. The maximum absolute atomic E-state index is 13.1. The van der Waals surface area contributed by atoms with Crippen molar-refractivity contribution in [2.45, 2.75) is 32.4 Å². The van der Waals surface area contributed by atoms with Crippen molar-refractivity contribution < 1.29 is 0 Å². The molecule has 0 amide bonds. The molecule has 32 heavy (non-hydrogen) atoms. The molecule has 1 saturated heterocycles. The fourth-order valence-electron chi connectivity index (χ4n) is 4.52. The van der Waals surface area contributed by atoms with Gasteiger partial charge in [-0.3, -0.25) is 9.69 Å². The van der Waals surface area contributed by atoms with Crippen LogP contribution in [0.1, 0.15) is 37.2 Å². The third-order valence-corrected chi connectivity index (χ3v) is 7.33. The number of hydrogen-bond acceptors (Lipinski definition) is 5. The van der Waals surface area contributed by atoms with Crippen molar-refractivity contribution >= 4 is 27.2 Å². The Morgan fingerprint density at radius 1 is 1.09 bits per heavy atom. The zero-order valence-corrected chi connectivity index (χ0v) is 19.4. The first-order chi connectivity index (χ1) is 15.6. The van der Waals surface area contributed by atoms with Gasteiger partial charge < -0.3 is 9.88 Å². The summed E-state index contributed by atoms with van der Waals surface area (Å²) in [6, 6.07) is 18.7. The number of nitrogens with one attached hydrogen (secondary N) is 1. The number of aromatic nitrogens is 2. The van der Waals surface area contributed by atoms with Crippen LogP contribution >= 0.6 is 11.3 Å². The summed E-state index contributed by atoms with van der Waals surface area (Å²) in [6.07, 6.45) is 2.52. The van der Waals surface area contributed by atoms with E-state index in [-0.39, 0.29) is 11.6 Å².